The quantitative estimate of drug-likeness (QED) is 0.800. The highest BCUT2D eigenvalue weighted by atomic mass is 16.5. The maximum Gasteiger partial charge on any atom is 0.219 e. The Bertz CT molecular complexity index is 586. The molecule has 0 saturated heterocycles. The molecular weight excluding hydrogens is 266 g/mol. The van der Waals surface area contributed by atoms with Gasteiger partial charge < -0.3 is 15.8 Å². The number of amides is 1. The van der Waals surface area contributed by atoms with E-state index in [1.807, 2.05) is 38.1 Å². The van der Waals surface area contributed by atoms with Gasteiger partial charge in [0.2, 0.25) is 12.3 Å². The minimum absolute atomic E-state index is 0.231. The summed E-state index contributed by atoms with van der Waals surface area (Å²) in [5.74, 6) is 1.18. The molecule has 2 aromatic rings. The van der Waals surface area contributed by atoms with Crippen LogP contribution in [-0.2, 0) is 11.2 Å². The van der Waals surface area contributed by atoms with Crippen LogP contribution in [-0.4, -0.2) is 16.9 Å². The van der Waals surface area contributed by atoms with Crippen molar-refractivity contribution in [2.75, 3.05) is 5.32 Å². The second kappa shape index (κ2) is 6.37. The minimum Gasteiger partial charge on any atom is -0.439 e. The van der Waals surface area contributed by atoms with Crippen LogP contribution in [0.5, 0.6) is 11.6 Å². The fourth-order valence-corrected chi connectivity index (χ4v) is 1.92. The Morgan fingerprint density at radius 2 is 1.95 bits per heavy atom. The Hall–Kier alpha value is -2.40. The SMILES string of the molecule is CC(C)(N)Cc1ccc(Oc2ccc(NC=O)cn2)cc1. The van der Waals surface area contributed by atoms with E-state index in [1.54, 1.807) is 12.1 Å². The summed E-state index contributed by atoms with van der Waals surface area (Å²) in [5.41, 5.74) is 7.55. The number of pyridine rings is 1. The standard InChI is InChI=1S/C16H19N3O2/c1-16(2,17)9-12-3-6-14(7-4-12)21-15-8-5-13(10-18-15)19-11-20/h3-8,10-11H,9,17H2,1-2H3,(H,19,20). The highest BCUT2D eigenvalue weighted by Gasteiger charge is 2.11. The summed E-state index contributed by atoms with van der Waals surface area (Å²) in [6, 6.07) is 11.2. The number of nitrogens with two attached hydrogens (primary N) is 1. The van der Waals surface area contributed by atoms with Gasteiger partial charge in [0.05, 0.1) is 11.9 Å². The van der Waals surface area contributed by atoms with E-state index in [0.29, 0.717) is 23.7 Å². The van der Waals surface area contributed by atoms with Gasteiger partial charge in [-0.1, -0.05) is 12.1 Å². The molecule has 0 atom stereocenters. The monoisotopic (exact) mass is 285 g/mol. The number of hydrogen-bond donors (Lipinski definition) is 2. The van der Waals surface area contributed by atoms with Crippen molar-refractivity contribution in [3.63, 3.8) is 0 Å². The van der Waals surface area contributed by atoms with Crippen LogP contribution in [0.1, 0.15) is 19.4 Å². The van der Waals surface area contributed by atoms with E-state index in [2.05, 4.69) is 10.3 Å². The zero-order chi connectivity index (χ0) is 15.3. The van der Waals surface area contributed by atoms with Gasteiger partial charge in [0.1, 0.15) is 5.75 Å². The number of ether oxygens (including phenoxy) is 1. The third-order valence-corrected chi connectivity index (χ3v) is 2.77. The van der Waals surface area contributed by atoms with Crippen LogP contribution in [0.25, 0.3) is 0 Å². The smallest absolute Gasteiger partial charge is 0.219 e. The van der Waals surface area contributed by atoms with Crippen LogP contribution in [0, 0.1) is 0 Å². The average molecular weight is 285 g/mol. The first kappa shape index (κ1) is 15.0. The van der Waals surface area contributed by atoms with Crippen LogP contribution in [0.2, 0.25) is 0 Å². The van der Waals surface area contributed by atoms with Crippen molar-refractivity contribution in [2.24, 2.45) is 5.73 Å². The van der Waals surface area contributed by atoms with E-state index >= 15 is 0 Å². The van der Waals surface area contributed by atoms with E-state index in [1.165, 1.54) is 6.20 Å². The molecular formula is C16H19N3O2. The second-order valence-corrected chi connectivity index (χ2v) is 5.56. The van der Waals surface area contributed by atoms with Crippen molar-refractivity contribution in [3.8, 4) is 11.6 Å². The molecule has 0 aliphatic carbocycles. The Balaban J connectivity index is 2.01. The first-order valence-corrected chi connectivity index (χ1v) is 6.68. The molecule has 1 aromatic heterocycles. The number of carbonyl (C=O) groups is 1. The first-order valence-electron chi connectivity index (χ1n) is 6.68. The molecule has 21 heavy (non-hydrogen) atoms. The number of nitrogens with one attached hydrogen (secondary N) is 1. The summed E-state index contributed by atoms with van der Waals surface area (Å²) in [7, 11) is 0. The van der Waals surface area contributed by atoms with Gasteiger partial charge in [0, 0.05) is 11.6 Å². The Morgan fingerprint density at radius 1 is 1.24 bits per heavy atom. The summed E-state index contributed by atoms with van der Waals surface area (Å²) in [4.78, 5) is 14.4. The molecule has 3 N–H and O–H groups in total. The minimum atomic E-state index is -0.231. The highest BCUT2D eigenvalue weighted by Crippen LogP contribution is 2.21. The zero-order valence-corrected chi connectivity index (χ0v) is 12.2. The van der Waals surface area contributed by atoms with Gasteiger partial charge in [0.25, 0.3) is 0 Å². The van der Waals surface area contributed by atoms with Crippen LogP contribution in [0.4, 0.5) is 5.69 Å². The number of nitrogens with zero attached hydrogens (tertiary/aromatic N) is 1. The van der Waals surface area contributed by atoms with Crippen LogP contribution in [0.15, 0.2) is 42.6 Å². The predicted molar refractivity (Wildman–Crippen MR) is 82.4 cm³/mol. The number of hydrogen-bond acceptors (Lipinski definition) is 4. The van der Waals surface area contributed by atoms with Crippen LogP contribution in [0.3, 0.4) is 0 Å². The fraction of sp³-hybridized carbons (Fsp3) is 0.250. The topological polar surface area (TPSA) is 77.2 Å². The second-order valence-electron chi connectivity index (χ2n) is 5.56. The van der Waals surface area contributed by atoms with E-state index in [0.717, 1.165) is 12.0 Å². The molecule has 0 saturated carbocycles. The number of anilines is 1. The Kier molecular flexibility index (Phi) is 4.55. The lowest BCUT2D eigenvalue weighted by Gasteiger charge is -2.18. The van der Waals surface area contributed by atoms with Crippen molar-refractivity contribution in [1.82, 2.24) is 4.98 Å². The summed E-state index contributed by atoms with van der Waals surface area (Å²) >= 11 is 0. The lowest BCUT2D eigenvalue weighted by Crippen LogP contribution is -2.34. The molecule has 0 radical (unpaired) electrons. The molecule has 2 rings (SSSR count). The zero-order valence-electron chi connectivity index (χ0n) is 12.2. The van der Waals surface area contributed by atoms with Gasteiger partial charge in [-0.15, -0.1) is 0 Å². The van der Waals surface area contributed by atoms with E-state index in [4.69, 9.17) is 10.5 Å². The van der Waals surface area contributed by atoms with E-state index in [-0.39, 0.29) is 5.54 Å². The molecule has 1 heterocycles. The van der Waals surface area contributed by atoms with Crippen LogP contribution < -0.4 is 15.8 Å². The molecule has 0 aliphatic heterocycles. The largest absolute Gasteiger partial charge is 0.439 e. The summed E-state index contributed by atoms with van der Waals surface area (Å²) in [6.07, 6.45) is 2.95. The van der Waals surface area contributed by atoms with Crippen molar-refractivity contribution in [2.45, 2.75) is 25.8 Å². The van der Waals surface area contributed by atoms with Crippen molar-refractivity contribution in [3.05, 3.63) is 48.2 Å². The van der Waals surface area contributed by atoms with Gasteiger partial charge >= 0.3 is 0 Å². The van der Waals surface area contributed by atoms with Crippen molar-refractivity contribution >= 4 is 12.1 Å². The van der Waals surface area contributed by atoms with Gasteiger partial charge in [-0.05, 0) is 44.0 Å². The molecule has 5 heteroatoms. The summed E-state index contributed by atoms with van der Waals surface area (Å²) < 4.78 is 5.64. The number of benzene rings is 1. The molecule has 0 unspecified atom stereocenters. The summed E-state index contributed by atoms with van der Waals surface area (Å²) in [6.45, 7) is 3.99. The van der Waals surface area contributed by atoms with Gasteiger partial charge in [-0.25, -0.2) is 4.98 Å². The predicted octanol–water partition coefficient (Wildman–Crippen LogP) is 2.72. The fourth-order valence-electron chi connectivity index (χ4n) is 1.92. The van der Waals surface area contributed by atoms with E-state index < -0.39 is 0 Å². The van der Waals surface area contributed by atoms with Gasteiger partial charge in [0.15, 0.2) is 0 Å². The number of rotatable bonds is 6. The third kappa shape index (κ3) is 4.89. The first-order chi connectivity index (χ1) is 9.96. The average Bonchev–Trinajstić information content (AvgIpc) is 2.42. The normalized spacial score (nSPS) is 11.0. The maximum absolute atomic E-state index is 10.3. The Morgan fingerprint density at radius 3 is 2.48 bits per heavy atom. The molecule has 1 amide bonds. The third-order valence-electron chi connectivity index (χ3n) is 2.77. The molecule has 0 aliphatic rings. The molecule has 1 aromatic carbocycles. The van der Waals surface area contributed by atoms with Crippen molar-refractivity contribution < 1.29 is 9.53 Å². The molecule has 0 fully saturated rings. The van der Waals surface area contributed by atoms with E-state index in [9.17, 15) is 4.79 Å². The molecule has 5 nitrogen and oxygen atoms in total. The lowest BCUT2D eigenvalue weighted by molar-refractivity contribution is -0.105. The van der Waals surface area contributed by atoms with Gasteiger partial charge in [-0.2, -0.15) is 0 Å². The van der Waals surface area contributed by atoms with Gasteiger partial charge in [-0.3, -0.25) is 4.79 Å². The number of aromatic nitrogens is 1. The van der Waals surface area contributed by atoms with Crippen molar-refractivity contribution in [1.29, 1.82) is 0 Å². The molecule has 0 bridgehead atoms. The highest BCUT2D eigenvalue weighted by molar-refractivity contribution is 5.70. The maximum atomic E-state index is 10.3. The van der Waals surface area contributed by atoms with Crippen LogP contribution >= 0.6 is 0 Å². The Labute approximate surface area is 124 Å². The lowest BCUT2D eigenvalue weighted by atomic mass is 9.96. The number of carbonyl (C=O) groups excluding carboxylic acids is 1. The molecule has 110 valence electrons. The summed E-state index contributed by atoms with van der Waals surface area (Å²) in [5, 5.41) is 2.52. The molecule has 0 spiro atoms.